The van der Waals surface area contributed by atoms with Crippen molar-refractivity contribution in [3.05, 3.63) is 0 Å². The second-order valence-electron chi connectivity index (χ2n) is 14.3. The maximum absolute atomic E-state index is 12.1. The highest BCUT2D eigenvalue weighted by atomic mass is 16.5. The fraction of sp³-hybridized carbons (Fsp3) is 0.947. The maximum atomic E-state index is 12.1. The van der Waals surface area contributed by atoms with Gasteiger partial charge in [-0.3, -0.25) is 9.59 Å². The summed E-state index contributed by atoms with van der Waals surface area (Å²) >= 11 is 0. The van der Waals surface area contributed by atoms with E-state index in [9.17, 15) is 9.59 Å². The van der Waals surface area contributed by atoms with E-state index >= 15 is 0 Å². The van der Waals surface area contributed by atoms with Crippen LogP contribution in [0.15, 0.2) is 0 Å². The van der Waals surface area contributed by atoms with Crippen LogP contribution in [-0.2, 0) is 19.1 Å². The zero-order valence-electron chi connectivity index (χ0n) is 28.7. The fourth-order valence-corrected chi connectivity index (χ4v) is 7.22. The van der Waals surface area contributed by atoms with Gasteiger partial charge in [0.1, 0.15) is 0 Å². The lowest BCUT2D eigenvalue weighted by Crippen LogP contribution is -2.52. The molecule has 3 fully saturated rings. The van der Waals surface area contributed by atoms with Gasteiger partial charge in [0.2, 0.25) is 0 Å². The lowest BCUT2D eigenvalue weighted by molar-refractivity contribution is -0.164. The Bertz CT molecular complexity index is 668. The predicted molar refractivity (Wildman–Crippen MR) is 180 cm³/mol. The number of esters is 2. The second-order valence-corrected chi connectivity index (χ2v) is 14.3. The number of carbonyl (C=O) groups excluding carboxylic acids is 2. The van der Waals surface area contributed by atoms with E-state index in [4.69, 9.17) is 9.47 Å². The predicted octanol–water partition coefficient (Wildman–Crippen LogP) is 10.5. The summed E-state index contributed by atoms with van der Waals surface area (Å²) in [6.45, 7) is 8.04. The zero-order valence-corrected chi connectivity index (χ0v) is 28.7. The molecule has 5 nitrogen and oxygen atoms in total. The van der Waals surface area contributed by atoms with Crippen molar-refractivity contribution >= 4 is 11.9 Å². The van der Waals surface area contributed by atoms with Crippen molar-refractivity contribution in [2.45, 2.75) is 187 Å². The SMILES string of the molecule is CCCCCC(CCCCC)CCOC(=O)CCCCCCCCNCCCCCCCCCOC(=O)CC12CC(C1)C2. The van der Waals surface area contributed by atoms with Crippen LogP contribution in [0, 0.1) is 17.3 Å². The highest BCUT2D eigenvalue weighted by molar-refractivity contribution is 5.71. The van der Waals surface area contributed by atoms with E-state index in [0.717, 1.165) is 50.6 Å². The van der Waals surface area contributed by atoms with Crippen molar-refractivity contribution in [1.82, 2.24) is 5.32 Å². The summed E-state index contributed by atoms with van der Waals surface area (Å²) in [6, 6.07) is 0. The van der Waals surface area contributed by atoms with E-state index < -0.39 is 0 Å². The van der Waals surface area contributed by atoms with Crippen molar-refractivity contribution in [2.75, 3.05) is 26.3 Å². The van der Waals surface area contributed by atoms with Crippen molar-refractivity contribution in [3.8, 4) is 0 Å². The molecule has 0 aromatic heterocycles. The quantitative estimate of drug-likeness (QED) is 0.0610. The van der Waals surface area contributed by atoms with E-state index in [-0.39, 0.29) is 11.9 Å². The highest BCUT2D eigenvalue weighted by Gasteiger charge is 2.57. The number of nitrogens with one attached hydrogen (secondary N) is 1. The number of rotatable bonds is 32. The summed E-state index contributed by atoms with van der Waals surface area (Å²) < 4.78 is 11.0. The molecule has 5 heteroatoms. The van der Waals surface area contributed by atoms with Gasteiger partial charge < -0.3 is 14.8 Å². The third-order valence-corrected chi connectivity index (χ3v) is 10.2. The van der Waals surface area contributed by atoms with Gasteiger partial charge >= 0.3 is 11.9 Å². The molecule has 3 aliphatic rings. The molecule has 0 saturated heterocycles. The minimum absolute atomic E-state index is 0.0119. The van der Waals surface area contributed by atoms with Crippen LogP contribution in [0.5, 0.6) is 0 Å². The summed E-state index contributed by atoms with van der Waals surface area (Å²) in [5, 5.41) is 3.60. The average Bonchev–Trinajstić information content (AvgIpc) is 2.95. The van der Waals surface area contributed by atoms with Crippen LogP contribution in [0.1, 0.15) is 187 Å². The van der Waals surface area contributed by atoms with Gasteiger partial charge in [-0.25, -0.2) is 0 Å². The molecular formula is C38H71NO4. The third-order valence-electron chi connectivity index (χ3n) is 10.2. The van der Waals surface area contributed by atoms with Crippen LogP contribution in [0.2, 0.25) is 0 Å². The molecule has 0 radical (unpaired) electrons. The topological polar surface area (TPSA) is 64.6 Å². The van der Waals surface area contributed by atoms with Crippen molar-refractivity contribution in [2.24, 2.45) is 17.3 Å². The minimum Gasteiger partial charge on any atom is -0.466 e. The monoisotopic (exact) mass is 606 g/mol. The Morgan fingerprint density at radius 2 is 1.12 bits per heavy atom. The number of ether oxygens (including phenoxy) is 2. The molecule has 2 bridgehead atoms. The third kappa shape index (κ3) is 19.1. The Hall–Kier alpha value is -1.10. The molecular weight excluding hydrogens is 534 g/mol. The Morgan fingerprint density at radius 3 is 1.65 bits per heavy atom. The maximum Gasteiger partial charge on any atom is 0.306 e. The van der Waals surface area contributed by atoms with E-state index in [1.807, 2.05) is 0 Å². The molecule has 0 aromatic rings. The van der Waals surface area contributed by atoms with Crippen molar-refractivity contribution in [1.29, 1.82) is 0 Å². The molecule has 3 saturated carbocycles. The van der Waals surface area contributed by atoms with Crippen LogP contribution < -0.4 is 5.32 Å². The van der Waals surface area contributed by atoms with Gasteiger partial charge in [0.15, 0.2) is 0 Å². The van der Waals surface area contributed by atoms with E-state index in [1.54, 1.807) is 0 Å². The summed E-state index contributed by atoms with van der Waals surface area (Å²) in [4.78, 5) is 24.1. The Morgan fingerprint density at radius 1 is 0.605 bits per heavy atom. The summed E-state index contributed by atoms with van der Waals surface area (Å²) in [5.41, 5.74) is 0.376. The molecule has 1 N–H and O–H groups in total. The van der Waals surface area contributed by atoms with E-state index in [2.05, 4.69) is 19.2 Å². The molecule has 0 aromatic carbocycles. The molecule has 3 aliphatic carbocycles. The smallest absolute Gasteiger partial charge is 0.306 e. The van der Waals surface area contributed by atoms with Gasteiger partial charge in [-0.15, -0.1) is 0 Å². The zero-order chi connectivity index (χ0) is 30.9. The van der Waals surface area contributed by atoms with Gasteiger partial charge in [-0.1, -0.05) is 123 Å². The second kappa shape index (κ2) is 25.1. The van der Waals surface area contributed by atoms with Crippen molar-refractivity contribution in [3.63, 3.8) is 0 Å². The normalized spacial score (nSPS) is 18.8. The van der Waals surface area contributed by atoms with Gasteiger partial charge in [-0.05, 0) is 81.7 Å². The van der Waals surface area contributed by atoms with Gasteiger partial charge in [0.25, 0.3) is 0 Å². The van der Waals surface area contributed by atoms with Crippen LogP contribution in [0.3, 0.4) is 0 Å². The number of hydrogen-bond donors (Lipinski definition) is 1. The largest absolute Gasteiger partial charge is 0.466 e. The first-order chi connectivity index (χ1) is 21.1. The number of carbonyl (C=O) groups is 2. The average molecular weight is 606 g/mol. The molecule has 252 valence electrons. The summed E-state index contributed by atoms with van der Waals surface area (Å²) in [6.07, 6.45) is 32.4. The molecule has 43 heavy (non-hydrogen) atoms. The first-order valence-electron chi connectivity index (χ1n) is 19.1. The molecule has 0 heterocycles. The highest BCUT2D eigenvalue weighted by Crippen LogP contribution is 2.66. The van der Waals surface area contributed by atoms with Crippen LogP contribution in [0.25, 0.3) is 0 Å². The fourth-order valence-electron chi connectivity index (χ4n) is 7.22. The first-order valence-corrected chi connectivity index (χ1v) is 19.1. The minimum atomic E-state index is 0.0119. The Kier molecular flexibility index (Phi) is 22.3. The molecule has 0 atom stereocenters. The van der Waals surface area contributed by atoms with Crippen molar-refractivity contribution < 1.29 is 19.1 Å². The number of hydrogen-bond acceptors (Lipinski definition) is 5. The Labute approximate surface area is 266 Å². The number of unbranched alkanes of at least 4 members (excludes halogenated alkanes) is 15. The molecule has 0 amide bonds. The van der Waals surface area contributed by atoms with Crippen LogP contribution in [0.4, 0.5) is 0 Å². The van der Waals surface area contributed by atoms with Gasteiger partial charge in [0.05, 0.1) is 19.6 Å². The first kappa shape index (κ1) is 38.1. The van der Waals surface area contributed by atoms with E-state index in [0.29, 0.717) is 31.5 Å². The van der Waals surface area contributed by atoms with E-state index in [1.165, 1.54) is 135 Å². The molecule has 0 aliphatic heterocycles. The molecule has 0 spiro atoms. The van der Waals surface area contributed by atoms with Gasteiger partial charge in [0, 0.05) is 6.42 Å². The lowest BCUT2D eigenvalue weighted by atomic mass is 9.43. The summed E-state index contributed by atoms with van der Waals surface area (Å²) in [7, 11) is 0. The molecule has 3 rings (SSSR count). The summed E-state index contributed by atoms with van der Waals surface area (Å²) in [5.74, 6) is 1.73. The standard InChI is InChI=1S/C38H71NO4/c1-3-5-16-22-34(23-17-6-4-2)25-29-43-36(40)24-18-12-8-10-14-20-27-39-26-19-13-9-7-11-15-21-28-42-37(41)33-38-30-35(31-38)32-38/h34-35,39H,3-33H2,1-2H3. The lowest BCUT2D eigenvalue weighted by Gasteiger charge is -2.61. The molecule has 0 unspecified atom stereocenters. The Balaban J connectivity index is 1.24. The van der Waals surface area contributed by atoms with Crippen LogP contribution in [-0.4, -0.2) is 38.2 Å². The van der Waals surface area contributed by atoms with Gasteiger partial charge in [-0.2, -0.15) is 0 Å². The van der Waals surface area contributed by atoms with Crippen LogP contribution >= 0.6 is 0 Å².